The van der Waals surface area contributed by atoms with E-state index >= 15 is 0 Å². The summed E-state index contributed by atoms with van der Waals surface area (Å²) in [5.74, 6) is 1.40. The lowest BCUT2D eigenvalue weighted by Crippen LogP contribution is -2.36. The SMILES string of the molecule is CN=C(NCc1cccc(COCC(F)(F)F)c1)NCc1cccc(OC)c1.I. The van der Waals surface area contributed by atoms with Gasteiger partial charge in [0.25, 0.3) is 0 Å². The summed E-state index contributed by atoms with van der Waals surface area (Å²) in [4.78, 5) is 4.17. The molecule has 0 aromatic heterocycles. The number of alkyl halides is 3. The molecule has 0 unspecified atom stereocenters. The standard InChI is InChI=1S/C20H24F3N3O2.HI/c1-24-19(26-12-16-6-4-8-18(10-16)27-2)25-11-15-5-3-7-17(9-15)13-28-14-20(21,22)23;/h3-10H,11-14H2,1-2H3,(H2,24,25,26);1H. The second kappa shape index (κ2) is 12.5. The number of aliphatic imine (C=N–C) groups is 1. The van der Waals surface area contributed by atoms with Gasteiger partial charge in [-0.2, -0.15) is 13.2 Å². The molecule has 0 aliphatic carbocycles. The number of nitrogens with one attached hydrogen (secondary N) is 2. The van der Waals surface area contributed by atoms with Crippen molar-refractivity contribution in [3.63, 3.8) is 0 Å². The van der Waals surface area contributed by atoms with Gasteiger partial charge in [0.2, 0.25) is 0 Å². The summed E-state index contributed by atoms with van der Waals surface area (Å²) < 4.78 is 46.4. The van der Waals surface area contributed by atoms with Gasteiger partial charge in [-0.05, 0) is 28.8 Å². The highest BCUT2D eigenvalue weighted by atomic mass is 127. The third-order valence-electron chi connectivity index (χ3n) is 3.80. The maximum Gasteiger partial charge on any atom is 0.411 e. The lowest BCUT2D eigenvalue weighted by atomic mass is 10.1. The first-order chi connectivity index (χ1) is 13.4. The Morgan fingerprint density at radius 2 is 1.55 bits per heavy atom. The Bertz CT molecular complexity index is 786. The zero-order chi connectivity index (χ0) is 20.4. The Hall–Kier alpha value is -2.01. The van der Waals surface area contributed by atoms with Crippen molar-refractivity contribution in [2.75, 3.05) is 20.8 Å². The van der Waals surface area contributed by atoms with Gasteiger partial charge >= 0.3 is 6.18 Å². The number of halogens is 4. The number of benzene rings is 2. The van der Waals surface area contributed by atoms with E-state index in [1.54, 1.807) is 32.4 Å². The number of hydrogen-bond acceptors (Lipinski definition) is 3. The molecule has 0 saturated heterocycles. The fourth-order valence-electron chi connectivity index (χ4n) is 2.49. The minimum absolute atomic E-state index is 0. The molecule has 0 heterocycles. The molecule has 0 aliphatic rings. The molecular weight excluding hydrogens is 498 g/mol. The van der Waals surface area contributed by atoms with Crippen LogP contribution >= 0.6 is 24.0 Å². The monoisotopic (exact) mass is 523 g/mol. The average Bonchev–Trinajstić information content (AvgIpc) is 2.67. The Kier molecular flexibility index (Phi) is 10.8. The quantitative estimate of drug-likeness (QED) is 0.309. The molecule has 29 heavy (non-hydrogen) atoms. The topological polar surface area (TPSA) is 54.9 Å². The maximum absolute atomic E-state index is 12.2. The molecule has 0 aliphatic heterocycles. The summed E-state index contributed by atoms with van der Waals surface area (Å²) in [6, 6.07) is 14.9. The third kappa shape index (κ3) is 9.84. The molecule has 0 saturated carbocycles. The van der Waals surface area contributed by atoms with E-state index in [0.29, 0.717) is 24.6 Å². The molecule has 0 radical (unpaired) electrons. The van der Waals surface area contributed by atoms with Gasteiger partial charge in [-0.1, -0.05) is 36.4 Å². The van der Waals surface area contributed by atoms with Crippen LogP contribution in [0.5, 0.6) is 5.75 Å². The van der Waals surface area contributed by atoms with Crippen LogP contribution in [-0.4, -0.2) is 32.9 Å². The minimum atomic E-state index is -4.32. The third-order valence-corrected chi connectivity index (χ3v) is 3.80. The summed E-state index contributed by atoms with van der Waals surface area (Å²) in [5.41, 5.74) is 2.64. The maximum atomic E-state index is 12.2. The molecule has 2 N–H and O–H groups in total. The molecular formula is C20H25F3IN3O2. The molecule has 0 fully saturated rings. The lowest BCUT2D eigenvalue weighted by Gasteiger charge is -2.13. The number of nitrogens with zero attached hydrogens (tertiary/aromatic N) is 1. The van der Waals surface area contributed by atoms with Crippen LogP contribution in [0.25, 0.3) is 0 Å². The van der Waals surface area contributed by atoms with Crippen LogP contribution in [0.2, 0.25) is 0 Å². The van der Waals surface area contributed by atoms with Crippen molar-refractivity contribution in [3.05, 3.63) is 65.2 Å². The minimum Gasteiger partial charge on any atom is -0.497 e. The van der Waals surface area contributed by atoms with Gasteiger partial charge in [0.05, 0.1) is 13.7 Å². The molecule has 2 aromatic rings. The molecule has 2 rings (SSSR count). The summed E-state index contributed by atoms with van der Waals surface area (Å²) in [6.07, 6.45) is -4.32. The van der Waals surface area contributed by atoms with E-state index in [9.17, 15) is 13.2 Å². The smallest absolute Gasteiger partial charge is 0.411 e. The molecule has 0 atom stereocenters. The Morgan fingerprint density at radius 1 is 0.966 bits per heavy atom. The van der Waals surface area contributed by atoms with Gasteiger partial charge in [-0.15, -0.1) is 24.0 Å². The summed E-state index contributed by atoms with van der Waals surface area (Å²) >= 11 is 0. The number of ether oxygens (including phenoxy) is 2. The van der Waals surface area contributed by atoms with Crippen molar-refractivity contribution >= 4 is 29.9 Å². The van der Waals surface area contributed by atoms with Gasteiger partial charge in [0, 0.05) is 20.1 Å². The van der Waals surface area contributed by atoms with Crippen LogP contribution in [0.1, 0.15) is 16.7 Å². The second-order valence-electron chi connectivity index (χ2n) is 6.06. The average molecular weight is 523 g/mol. The Labute approximate surface area is 185 Å². The predicted molar refractivity (Wildman–Crippen MR) is 118 cm³/mol. The van der Waals surface area contributed by atoms with Crippen LogP contribution in [-0.2, 0) is 24.4 Å². The number of rotatable bonds is 8. The van der Waals surface area contributed by atoms with Crippen molar-refractivity contribution in [2.45, 2.75) is 25.9 Å². The van der Waals surface area contributed by atoms with Gasteiger partial charge in [0.15, 0.2) is 5.96 Å². The van der Waals surface area contributed by atoms with Crippen LogP contribution in [0.4, 0.5) is 13.2 Å². The normalized spacial score (nSPS) is 11.6. The largest absolute Gasteiger partial charge is 0.497 e. The summed E-state index contributed by atoms with van der Waals surface area (Å²) in [5, 5.41) is 6.39. The Balaban J connectivity index is 0.00000420. The fourth-order valence-corrected chi connectivity index (χ4v) is 2.49. The first-order valence-electron chi connectivity index (χ1n) is 8.69. The van der Waals surface area contributed by atoms with Crippen LogP contribution in [0.15, 0.2) is 53.5 Å². The van der Waals surface area contributed by atoms with Crippen molar-refractivity contribution in [1.82, 2.24) is 10.6 Å². The molecule has 9 heteroatoms. The first-order valence-corrected chi connectivity index (χ1v) is 8.69. The Morgan fingerprint density at radius 3 is 2.14 bits per heavy atom. The molecule has 2 aromatic carbocycles. The number of guanidine groups is 1. The summed E-state index contributed by atoms with van der Waals surface area (Å²) in [6.45, 7) is -0.292. The summed E-state index contributed by atoms with van der Waals surface area (Å²) in [7, 11) is 3.29. The van der Waals surface area contributed by atoms with Gasteiger partial charge in [-0.25, -0.2) is 0 Å². The van der Waals surface area contributed by atoms with E-state index < -0.39 is 12.8 Å². The van der Waals surface area contributed by atoms with Gasteiger partial charge in [-0.3, -0.25) is 4.99 Å². The van der Waals surface area contributed by atoms with E-state index in [4.69, 9.17) is 9.47 Å². The van der Waals surface area contributed by atoms with Crippen molar-refractivity contribution in [1.29, 1.82) is 0 Å². The number of methoxy groups -OCH3 is 1. The van der Waals surface area contributed by atoms with E-state index in [-0.39, 0.29) is 30.6 Å². The van der Waals surface area contributed by atoms with Crippen molar-refractivity contribution < 1.29 is 22.6 Å². The van der Waals surface area contributed by atoms with Crippen LogP contribution in [0, 0.1) is 0 Å². The van der Waals surface area contributed by atoms with E-state index in [1.807, 2.05) is 30.3 Å². The highest BCUT2D eigenvalue weighted by Gasteiger charge is 2.27. The first kappa shape index (κ1) is 25.0. The van der Waals surface area contributed by atoms with Crippen LogP contribution < -0.4 is 15.4 Å². The molecule has 0 spiro atoms. The van der Waals surface area contributed by atoms with E-state index in [2.05, 4.69) is 15.6 Å². The molecule has 160 valence electrons. The molecule has 5 nitrogen and oxygen atoms in total. The van der Waals surface area contributed by atoms with Gasteiger partial charge < -0.3 is 20.1 Å². The highest BCUT2D eigenvalue weighted by molar-refractivity contribution is 14.0. The molecule has 0 bridgehead atoms. The zero-order valence-corrected chi connectivity index (χ0v) is 18.6. The van der Waals surface area contributed by atoms with Crippen molar-refractivity contribution in [3.8, 4) is 5.75 Å². The van der Waals surface area contributed by atoms with Gasteiger partial charge in [0.1, 0.15) is 12.4 Å². The van der Waals surface area contributed by atoms with Crippen molar-refractivity contribution in [2.24, 2.45) is 4.99 Å². The highest BCUT2D eigenvalue weighted by Crippen LogP contribution is 2.16. The number of hydrogen-bond donors (Lipinski definition) is 2. The predicted octanol–water partition coefficient (Wildman–Crippen LogP) is 4.26. The second-order valence-corrected chi connectivity index (χ2v) is 6.06. The van der Waals surface area contributed by atoms with E-state index in [0.717, 1.165) is 16.9 Å². The molecule has 0 amide bonds. The fraction of sp³-hybridized carbons (Fsp3) is 0.350. The zero-order valence-electron chi connectivity index (χ0n) is 16.3. The van der Waals surface area contributed by atoms with Crippen LogP contribution in [0.3, 0.4) is 0 Å². The lowest BCUT2D eigenvalue weighted by molar-refractivity contribution is -0.176. The van der Waals surface area contributed by atoms with E-state index in [1.165, 1.54) is 0 Å².